The predicted octanol–water partition coefficient (Wildman–Crippen LogP) is 3.49. The molecule has 0 aromatic carbocycles. The first-order chi connectivity index (χ1) is 6.21. The molecule has 3 heteroatoms. The highest BCUT2D eigenvalue weighted by molar-refractivity contribution is 5.25. The van der Waals surface area contributed by atoms with Crippen molar-refractivity contribution in [3.63, 3.8) is 0 Å². The van der Waals surface area contributed by atoms with Crippen LogP contribution >= 0.6 is 0 Å². The van der Waals surface area contributed by atoms with Crippen LogP contribution < -0.4 is 0 Å². The maximum absolute atomic E-state index is 13.0. The molecular formula is C11H15F2N. The van der Waals surface area contributed by atoms with E-state index in [-0.39, 0.29) is 11.1 Å². The molecule has 0 unspecified atom stereocenters. The summed E-state index contributed by atoms with van der Waals surface area (Å²) in [6.07, 6.45) is 1.44. The molecule has 0 saturated heterocycles. The third-order valence-corrected chi connectivity index (χ3v) is 2.08. The van der Waals surface area contributed by atoms with Gasteiger partial charge in [-0.15, -0.1) is 0 Å². The van der Waals surface area contributed by atoms with Crippen LogP contribution in [0, 0.1) is 0 Å². The van der Waals surface area contributed by atoms with Crippen molar-refractivity contribution in [3.8, 4) is 0 Å². The van der Waals surface area contributed by atoms with Gasteiger partial charge in [-0.25, -0.2) is 0 Å². The molecule has 0 amide bonds. The normalized spacial score (nSPS) is 13.0. The molecule has 78 valence electrons. The van der Waals surface area contributed by atoms with E-state index in [4.69, 9.17) is 0 Å². The molecule has 0 atom stereocenters. The van der Waals surface area contributed by atoms with Crippen molar-refractivity contribution < 1.29 is 8.78 Å². The quantitative estimate of drug-likeness (QED) is 0.674. The molecule has 0 saturated carbocycles. The van der Waals surface area contributed by atoms with Gasteiger partial charge in [-0.2, -0.15) is 8.78 Å². The van der Waals surface area contributed by atoms with Crippen LogP contribution in [0.4, 0.5) is 8.78 Å². The lowest BCUT2D eigenvalue weighted by Gasteiger charge is -2.20. The van der Waals surface area contributed by atoms with Crippen LogP contribution in [0.1, 0.15) is 39.0 Å². The van der Waals surface area contributed by atoms with Crippen molar-refractivity contribution in [3.05, 3.63) is 29.6 Å². The zero-order valence-corrected chi connectivity index (χ0v) is 8.94. The Kier molecular flexibility index (Phi) is 2.61. The van der Waals surface area contributed by atoms with Crippen molar-refractivity contribution in [2.45, 2.75) is 39.0 Å². The molecule has 1 rings (SSSR count). The zero-order valence-electron chi connectivity index (χ0n) is 8.94. The fraction of sp³-hybridized carbons (Fsp3) is 0.545. The Bertz CT molecular complexity index is 292. The van der Waals surface area contributed by atoms with Crippen molar-refractivity contribution in [1.82, 2.24) is 4.98 Å². The molecule has 0 radical (unpaired) electrons. The number of aromatic nitrogens is 1. The first-order valence-corrected chi connectivity index (χ1v) is 4.56. The highest BCUT2D eigenvalue weighted by atomic mass is 19.3. The van der Waals surface area contributed by atoms with Gasteiger partial charge in [0.15, 0.2) is 0 Å². The van der Waals surface area contributed by atoms with E-state index in [1.54, 1.807) is 6.07 Å². The summed E-state index contributed by atoms with van der Waals surface area (Å²) < 4.78 is 25.9. The summed E-state index contributed by atoms with van der Waals surface area (Å²) in [5, 5.41) is 0. The van der Waals surface area contributed by atoms with Crippen LogP contribution in [0.15, 0.2) is 18.3 Å². The monoisotopic (exact) mass is 199 g/mol. The van der Waals surface area contributed by atoms with Crippen LogP contribution in [0.2, 0.25) is 0 Å². The van der Waals surface area contributed by atoms with Gasteiger partial charge in [0.05, 0.1) is 0 Å². The maximum atomic E-state index is 13.0. The summed E-state index contributed by atoms with van der Waals surface area (Å²) in [5.74, 6) is -2.86. The topological polar surface area (TPSA) is 12.9 Å². The molecule has 0 fully saturated rings. The second kappa shape index (κ2) is 3.30. The van der Waals surface area contributed by atoms with Gasteiger partial charge in [0.1, 0.15) is 5.69 Å². The Balaban J connectivity index is 3.15. The minimum atomic E-state index is -2.86. The molecule has 1 aromatic rings. The molecule has 0 aliphatic carbocycles. The standard InChI is InChI=1S/C11H15F2N/c1-10(2,3)8-5-6-14-9(7-8)11(4,12)13/h5-7H,1-4H3. The molecule has 0 aliphatic rings. The second-order valence-electron chi connectivity index (χ2n) is 4.57. The lowest BCUT2D eigenvalue weighted by molar-refractivity contribution is 0.0126. The Hall–Kier alpha value is -0.990. The second-order valence-corrected chi connectivity index (χ2v) is 4.57. The Morgan fingerprint density at radius 2 is 1.71 bits per heavy atom. The average Bonchev–Trinajstić information content (AvgIpc) is 2.01. The summed E-state index contributed by atoms with van der Waals surface area (Å²) in [6, 6.07) is 3.25. The van der Waals surface area contributed by atoms with Crippen LogP contribution in [0.5, 0.6) is 0 Å². The van der Waals surface area contributed by atoms with Crippen LogP contribution in [-0.2, 0) is 11.3 Å². The third kappa shape index (κ3) is 2.50. The fourth-order valence-corrected chi connectivity index (χ4v) is 1.14. The molecule has 14 heavy (non-hydrogen) atoms. The number of nitrogens with zero attached hydrogens (tertiary/aromatic N) is 1. The lowest BCUT2D eigenvalue weighted by Crippen LogP contribution is -2.15. The number of hydrogen-bond donors (Lipinski definition) is 0. The number of pyridine rings is 1. The lowest BCUT2D eigenvalue weighted by atomic mass is 9.87. The van der Waals surface area contributed by atoms with E-state index in [0.717, 1.165) is 12.5 Å². The summed E-state index contributed by atoms with van der Waals surface area (Å²) in [6.45, 7) is 6.82. The van der Waals surface area contributed by atoms with Crippen LogP contribution in [0.25, 0.3) is 0 Å². The largest absolute Gasteiger partial charge is 0.286 e. The minimum absolute atomic E-state index is 0.122. The molecule has 0 N–H and O–H groups in total. The number of alkyl halides is 2. The Morgan fingerprint density at radius 3 is 2.14 bits per heavy atom. The van der Waals surface area contributed by atoms with Gasteiger partial charge < -0.3 is 0 Å². The highest BCUT2D eigenvalue weighted by Gasteiger charge is 2.27. The average molecular weight is 199 g/mol. The van der Waals surface area contributed by atoms with Gasteiger partial charge >= 0.3 is 0 Å². The van der Waals surface area contributed by atoms with E-state index in [1.807, 2.05) is 20.8 Å². The van der Waals surface area contributed by atoms with Gasteiger partial charge in [-0.3, -0.25) is 4.98 Å². The Labute approximate surface area is 83.2 Å². The minimum Gasteiger partial charge on any atom is -0.255 e. The highest BCUT2D eigenvalue weighted by Crippen LogP contribution is 2.29. The summed E-state index contributed by atoms with van der Waals surface area (Å²) in [5.41, 5.74) is 0.595. The molecule has 1 aromatic heterocycles. The van der Waals surface area contributed by atoms with E-state index in [0.29, 0.717) is 0 Å². The van der Waals surface area contributed by atoms with Gasteiger partial charge in [0, 0.05) is 13.1 Å². The zero-order chi connectivity index (χ0) is 11.0. The van der Waals surface area contributed by atoms with E-state index in [2.05, 4.69) is 4.98 Å². The van der Waals surface area contributed by atoms with E-state index in [9.17, 15) is 8.78 Å². The smallest absolute Gasteiger partial charge is 0.255 e. The van der Waals surface area contributed by atoms with Crippen molar-refractivity contribution in [2.24, 2.45) is 0 Å². The summed E-state index contributed by atoms with van der Waals surface area (Å²) >= 11 is 0. The van der Waals surface area contributed by atoms with Crippen molar-refractivity contribution >= 4 is 0 Å². The van der Waals surface area contributed by atoms with E-state index in [1.165, 1.54) is 12.3 Å². The summed E-state index contributed by atoms with van der Waals surface area (Å²) in [4.78, 5) is 3.67. The van der Waals surface area contributed by atoms with Crippen LogP contribution in [0.3, 0.4) is 0 Å². The number of rotatable bonds is 1. The first-order valence-electron chi connectivity index (χ1n) is 4.56. The maximum Gasteiger partial charge on any atom is 0.286 e. The molecular weight excluding hydrogens is 184 g/mol. The number of hydrogen-bond acceptors (Lipinski definition) is 1. The van der Waals surface area contributed by atoms with E-state index >= 15 is 0 Å². The van der Waals surface area contributed by atoms with Crippen LogP contribution in [-0.4, -0.2) is 4.98 Å². The number of halogens is 2. The van der Waals surface area contributed by atoms with Gasteiger partial charge in [0.2, 0.25) is 0 Å². The third-order valence-electron chi connectivity index (χ3n) is 2.08. The fourth-order valence-electron chi connectivity index (χ4n) is 1.14. The SMILES string of the molecule is CC(C)(C)c1ccnc(C(C)(F)F)c1. The molecule has 0 aliphatic heterocycles. The first kappa shape index (κ1) is 11.1. The van der Waals surface area contributed by atoms with Gasteiger partial charge in [-0.1, -0.05) is 20.8 Å². The summed E-state index contributed by atoms with van der Waals surface area (Å²) in [7, 11) is 0. The van der Waals surface area contributed by atoms with Crippen molar-refractivity contribution in [2.75, 3.05) is 0 Å². The van der Waals surface area contributed by atoms with E-state index < -0.39 is 5.92 Å². The molecule has 0 spiro atoms. The molecule has 0 bridgehead atoms. The predicted molar refractivity (Wildman–Crippen MR) is 52.5 cm³/mol. The van der Waals surface area contributed by atoms with Gasteiger partial charge in [-0.05, 0) is 23.1 Å². The Morgan fingerprint density at radius 1 is 1.14 bits per heavy atom. The van der Waals surface area contributed by atoms with Crippen molar-refractivity contribution in [1.29, 1.82) is 0 Å². The molecule has 1 heterocycles. The molecule has 1 nitrogen and oxygen atoms in total. The van der Waals surface area contributed by atoms with Gasteiger partial charge in [0.25, 0.3) is 5.92 Å².